The summed E-state index contributed by atoms with van der Waals surface area (Å²) in [6, 6.07) is 0. The van der Waals surface area contributed by atoms with Crippen LogP contribution in [0, 0.1) is 40.4 Å². The highest BCUT2D eigenvalue weighted by Crippen LogP contribution is 2.75. The van der Waals surface area contributed by atoms with E-state index >= 15 is 0 Å². The fraction of sp³-hybridized carbons (Fsp3) is 0.960. The van der Waals surface area contributed by atoms with Gasteiger partial charge in [0.15, 0.2) is 0 Å². The number of esters is 1. The Bertz CT molecular complexity index is 715. The lowest BCUT2D eigenvalue weighted by molar-refractivity contribution is -0.325. The maximum atomic E-state index is 11.8. The Morgan fingerprint density at radius 3 is 2.57 bits per heavy atom. The third-order valence-corrected chi connectivity index (χ3v) is 14.4. The number of hydrogen-bond acceptors (Lipinski definition) is 3. The quantitative estimate of drug-likeness (QED) is 0.298. The summed E-state index contributed by atoms with van der Waals surface area (Å²) in [5.74, 6) is 3.29. The van der Waals surface area contributed by atoms with E-state index in [1.165, 1.54) is 52.1 Å². The van der Waals surface area contributed by atoms with Gasteiger partial charge >= 0.3 is 5.97 Å². The second-order valence-corrected chi connectivity index (χ2v) is 13.6. The molecule has 0 aromatic heterocycles. The highest BCUT2D eigenvalue weighted by Gasteiger charge is 2.76. The predicted molar refractivity (Wildman–Crippen MR) is 126 cm³/mol. The van der Waals surface area contributed by atoms with Crippen LogP contribution >= 0.6 is 31.9 Å². The van der Waals surface area contributed by atoms with Gasteiger partial charge in [-0.3, -0.25) is 4.79 Å². The van der Waals surface area contributed by atoms with Crippen LogP contribution in [0.4, 0.5) is 0 Å². The van der Waals surface area contributed by atoms with E-state index in [1.54, 1.807) is 0 Å². The summed E-state index contributed by atoms with van der Waals surface area (Å²) >= 11 is 8.57. The number of carbonyl (C=O) groups excluding carboxylic acids is 1. The van der Waals surface area contributed by atoms with Gasteiger partial charge in [0.25, 0.3) is 0 Å². The van der Waals surface area contributed by atoms with Crippen molar-refractivity contribution in [2.45, 2.75) is 99.9 Å². The SMILES string of the molecule is COC(=O)CC[C@@H](C)[C@H]1CC[C@H]2[C@@H]3CC[C@H]4CC5CC[C@@]4(C)C3(O5)[C@H](Br)[C@@H](Br)[C@]12C. The molecule has 0 radical (unpaired) electrons. The number of ether oxygens (including phenoxy) is 2. The minimum atomic E-state index is -0.0733. The minimum Gasteiger partial charge on any atom is -0.469 e. The number of alkyl halides is 2. The van der Waals surface area contributed by atoms with E-state index in [9.17, 15) is 4.79 Å². The molecule has 4 aliphatic carbocycles. The maximum Gasteiger partial charge on any atom is 0.305 e. The molecule has 2 aliphatic heterocycles. The lowest BCUT2D eigenvalue weighted by Gasteiger charge is -2.74. The number of hydrogen-bond donors (Lipinski definition) is 0. The van der Waals surface area contributed by atoms with Crippen LogP contribution < -0.4 is 0 Å². The van der Waals surface area contributed by atoms with Crippen LogP contribution in [0.15, 0.2) is 0 Å². The van der Waals surface area contributed by atoms with Crippen LogP contribution in [0.5, 0.6) is 0 Å². The Balaban J connectivity index is 1.48. The topological polar surface area (TPSA) is 35.5 Å². The van der Waals surface area contributed by atoms with E-state index in [-0.39, 0.29) is 17.0 Å². The first-order valence-electron chi connectivity index (χ1n) is 12.2. The lowest BCUT2D eigenvalue weighted by Crippen LogP contribution is -2.77. The first kappa shape index (κ1) is 22.2. The number of halogens is 2. The Hall–Kier alpha value is 0.390. The maximum absolute atomic E-state index is 11.8. The first-order chi connectivity index (χ1) is 14.2. The largest absolute Gasteiger partial charge is 0.469 e. The summed E-state index contributed by atoms with van der Waals surface area (Å²) in [5.41, 5.74) is 0.531. The van der Waals surface area contributed by atoms with Crippen molar-refractivity contribution in [2.75, 3.05) is 7.11 Å². The third-order valence-electron chi connectivity index (χ3n) is 10.9. The average Bonchev–Trinajstić information content (AvgIpc) is 3.08. The summed E-state index contributed by atoms with van der Waals surface area (Å²) in [6.45, 7) is 7.49. The van der Waals surface area contributed by atoms with Gasteiger partial charge in [0.1, 0.15) is 0 Å². The Morgan fingerprint density at radius 1 is 1.10 bits per heavy atom. The summed E-state index contributed by atoms with van der Waals surface area (Å²) < 4.78 is 12.1. The van der Waals surface area contributed by atoms with Crippen LogP contribution in [0.2, 0.25) is 0 Å². The fourth-order valence-corrected chi connectivity index (χ4v) is 12.0. The second-order valence-electron chi connectivity index (χ2n) is 11.7. The van der Waals surface area contributed by atoms with Gasteiger partial charge in [0.05, 0.1) is 23.6 Å². The molecule has 0 aromatic rings. The van der Waals surface area contributed by atoms with Crippen molar-refractivity contribution in [3.8, 4) is 0 Å². The van der Waals surface area contributed by atoms with Crippen LogP contribution in [0.25, 0.3) is 0 Å². The minimum absolute atomic E-state index is 0.0143. The van der Waals surface area contributed by atoms with Crippen molar-refractivity contribution in [3.63, 3.8) is 0 Å². The molecule has 0 amide bonds. The molecule has 0 aromatic carbocycles. The zero-order valence-electron chi connectivity index (χ0n) is 19.0. The molecular weight excluding hydrogens is 508 g/mol. The molecule has 170 valence electrons. The van der Waals surface area contributed by atoms with Gasteiger partial charge in [0.2, 0.25) is 0 Å². The summed E-state index contributed by atoms with van der Waals surface area (Å²) in [6.07, 6.45) is 11.1. The summed E-state index contributed by atoms with van der Waals surface area (Å²) in [5, 5.41) is 0. The van der Waals surface area contributed by atoms with E-state index in [0.29, 0.717) is 51.3 Å². The molecule has 11 atom stereocenters. The van der Waals surface area contributed by atoms with Gasteiger partial charge in [-0.15, -0.1) is 0 Å². The number of carbonyl (C=O) groups is 1. The van der Waals surface area contributed by atoms with E-state index < -0.39 is 0 Å². The highest BCUT2D eigenvalue weighted by atomic mass is 79.9. The van der Waals surface area contributed by atoms with Crippen molar-refractivity contribution in [2.24, 2.45) is 40.4 Å². The molecule has 6 rings (SSSR count). The molecule has 2 unspecified atom stereocenters. The molecular formula is C25H38Br2O3. The molecule has 0 N–H and O–H groups in total. The van der Waals surface area contributed by atoms with Gasteiger partial charge in [-0.25, -0.2) is 0 Å². The van der Waals surface area contributed by atoms with Gasteiger partial charge in [-0.1, -0.05) is 52.6 Å². The Kier molecular flexibility index (Phi) is 5.51. The van der Waals surface area contributed by atoms with Crippen LogP contribution in [-0.4, -0.2) is 34.4 Å². The van der Waals surface area contributed by atoms with Crippen molar-refractivity contribution >= 4 is 37.8 Å². The molecule has 30 heavy (non-hydrogen) atoms. The fourth-order valence-electron chi connectivity index (χ4n) is 9.40. The molecule has 2 saturated heterocycles. The number of methoxy groups -OCH3 is 1. The lowest BCUT2D eigenvalue weighted by atomic mass is 9.40. The zero-order valence-corrected chi connectivity index (χ0v) is 22.1. The molecule has 4 saturated carbocycles. The van der Waals surface area contributed by atoms with Crippen LogP contribution in [-0.2, 0) is 14.3 Å². The summed E-state index contributed by atoms with van der Waals surface area (Å²) in [4.78, 5) is 12.5. The normalized spacial score (nSPS) is 54.9. The third kappa shape index (κ3) is 2.67. The second kappa shape index (κ2) is 7.45. The van der Waals surface area contributed by atoms with Crippen molar-refractivity contribution in [1.29, 1.82) is 0 Å². The van der Waals surface area contributed by atoms with Crippen molar-refractivity contribution in [1.82, 2.24) is 0 Å². The van der Waals surface area contributed by atoms with E-state index in [2.05, 4.69) is 52.6 Å². The van der Waals surface area contributed by atoms with Gasteiger partial charge in [0, 0.05) is 16.7 Å². The van der Waals surface area contributed by atoms with E-state index in [0.717, 1.165) is 12.3 Å². The van der Waals surface area contributed by atoms with Crippen molar-refractivity contribution in [3.05, 3.63) is 0 Å². The van der Waals surface area contributed by atoms with Crippen LogP contribution in [0.3, 0.4) is 0 Å². The average molecular weight is 546 g/mol. The molecule has 5 heteroatoms. The van der Waals surface area contributed by atoms with Gasteiger partial charge < -0.3 is 9.47 Å². The molecule has 6 aliphatic rings. The molecule has 1 spiro atoms. The smallest absolute Gasteiger partial charge is 0.305 e. The van der Waals surface area contributed by atoms with Crippen molar-refractivity contribution < 1.29 is 14.3 Å². The van der Waals surface area contributed by atoms with Gasteiger partial charge in [-0.2, -0.15) is 0 Å². The summed E-state index contributed by atoms with van der Waals surface area (Å²) in [7, 11) is 1.50. The standard InChI is InChI=1S/C25H38Br2O3/c1-14(5-10-20(28)29-4)17-8-9-18-19-7-6-15-13-16-11-12-23(15,2)25(19,30-16)22(27)21(26)24(17,18)3/h14-19,21-22H,5-13H2,1-4H3/t14-,15+,16?,17-,18+,19+,21-,22-,23-,24-,25?/m1/s1. The number of rotatable bonds is 4. The first-order valence-corrected chi connectivity index (χ1v) is 14.1. The van der Waals surface area contributed by atoms with Crippen LogP contribution in [0.1, 0.15) is 78.6 Å². The zero-order chi connectivity index (χ0) is 21.5. The molecule has 6 fully saturated rings. The van der Waals surface area contributed by atoms with Gasteiger partial charge in [-0.05, 0) is 86.4 Å². The number of fused-ring (bicyclic) bond motifs is 3. The Labute approximate surface area is 199 Å². The van der Waals surface area contributed by atoms with E-state index in [4.69, 9.17) is 9.47 Å². The molecule has 3 nitrogen and oxygen atoms in total. The monoisotopic (exact) mass is 544 g/mol. The molecule has 2 heterocycles. The Morgan fingerprint density at radius 2 is 1.83 bits per heavy atom. The van der Waals surface area contributed by atoms with E-state index in [1.807, 2.05) is 0 Å². The predicted octanol–water partition coefficient (Wildman–Crippen LogP) is 6.50. The highest BCUT2D eigenvalue weighted by molar-refractivity contribution is 9.12. The molecule has 4 bridgehead atoms.